The number of amidine groups is 2. The van der Waals surface area contributed by atoms with Gasteiger partial charge < -0.3 is 57.9 Å². The minimum Gasteiger partial charge on any atom is -0.483 e. The molecule has 88 heavy (non-hydrogen) atoms. The Balaban J connectivity index is 0.000000177. The second-order valence-corrected chi connectivity index (χ2v) is 18.9. The number of hydroxylamine groups is 1. The Morgan fingerprint density at radius 2 is 1.28 bits per heavy atom. The third kappa shape index (κ3) is 16.3. The van der Waals surface area contributed by atoms with Crippen molar-refractivity contribution >= 4 is 50.9 Å². The summed E-state index contributed by atoms with van der Waals surface area (Å²) in [7, 11) is 9.51. The molecule has 11 rings (SSSR count). The van der Waals surface area contributed by atoms with E-state index in [2.05, 4.69) is 35.6 Å². The molecule has 0 saturated carbocycles. The molecule has 5 N–H and O–H groups in total. The van der Waals surface area contributed by atoms with E-state index in [-0.39, 0.29) is 25.5 Å². The molecule has 0 spiro atoms. The van der Waals surface area contributed by atoms with Gasteiger partial charge in [-0.2, -0.15) is 39.5 Å². The van der Waals surface area contributed by atoms with Crippen LogP contribution in [0.1, 0.15) is 51.1 Å². The maximum absolute atomic E-state index is 13.2. The topological polar surface area (TPSA) is 243 Å². The number of pyridine rings is 2. The second-order valence-electron chi connectivity index (χ2n) is 18.9. The number of methoxy groups -OCH3 is 4. The number of ether oxygens (including phenoxy) is 4. The lowest BCUT2D eigenvalue weighted by Crippen LogP contribution is -2.33. The number of imidazole rings is 2. The molecule has 1 unspecified atom stereocenters. The standard InChI is InChI=1S/C23H21F3N6O2.C15H21N5O4.C10H8F3N.C9H6F3N.CH2O2/c1-13-9-32(12-27-13)19-7-6-17(29-22(19)33-3)21-28-18(11-34-30-21)16-10-31(2)20-8-14(23(24,25)26)4-5-15(16)20;1-10-7-20(9-17-10)12-6-5-11(18-15(12)23-4)14(16)19-24-8-13(21-2)22-3;1-14-5-4-7-2-3-8(6-9(7)14)10(11,12)13;10-9(11,12)7-2-1-6-3-4-13-8(6)5-7;2-1-3/h4-10,12,18H,11H2,1-3H3,(H,28,30);5-7,9,13H,8H2,1-4H3,(H2,16,19);2-6H,1H3;1-5,13H;1H,(H,2,3). The molecule has 0 aliphatic carbocycles. The van der Waals surface area contributed by atoms with Crippen LogP contribution in [-0.2, 0) is 56.6 Å². The van der Waals surface area contributed by atoms with Gasteiger partial charge in [-0.05, 0) is 97.4 Å². The van der Waals surface area contributed by atoms with Gasteiger partial charge in [0, 0.05) is 86.8 Å². The summed E-state index contributed by atoms with van der Waals surface area (Å²) < 4.78 is 141. The third-order valence-electron chi connectivity index (χ3n) is 13.0. The Kier molecular flexibility index (Phi) is 21.2. The second kappa shape index (κ2) is 28.5. The summed E-state index contributed by atoms with van der Waals surface area (Å²) in [5.41, 5.74) is 13.2. The Bertz CT molecular complexity index is 4030. The van der Waals surface area contributed by atoms with Gasteiger partial charge >= 0.3 is 18.5 Å². The Labute approximate surface area is 495 Å². The first-order valence-corrected chi connectivity index (χ1v) is 25.9. The van der Waals surface area contributed by atoms with E-state index in [0.717, 1.165) is 75.5 Å². The molecule has 0 bridgehead atoms. The molecule has 0 saturated heterocycles. The molecule has 3 aromatic carbocycles. The number of H-pyrrole nitrogens is 1. The molecule has 1 aliphatic rings. The number of aromatic amines is 1. The molecule has 466 valence electrons. The van der Waals surface area contributed by atoms with Crippen LogP contribution in [0.4, 0.5) is 39.5 Å². The average molecular weight is 1240 g/mol. The van der Waals surface area contributed by atoms with E-state index < -0.39 is 47.6 Å². The summed E-state index contributed by atoms with van der Waals surface area (Å²) in [6, 6.07) is 21.3. The first kappa shape index (κ1) is 65.6. The molecule has 7 aromatic heterocycles. The minimum atomic E-state index is -4.41. The fourth-order valence-electron chi connectivity index (χ4n) is 8.59. The highest BCUT2D eigenvalue weighted by Gasteiger charge is 2.33. The summed E-state index contributed by atoms with van der Waals surface area (Å²) in [6.07, 6.45) is -1.23. The van der Waals surface area contributed by atoms with Crippen molar-refractivity contribution in [2.75, 3.05) is 41.7 Å². The van der Waals surface area contributed by atoms with E-state index in [1.165, 1.54) is 46.6 Å². The van der Waals surface area contributed by atoms with Gasteiger partial charge in [-0.3, -0.25) is 14.6 Å². The van der Waals surface area contributed by atoms with Crippen LogP contribution in [0.25, 0.3) is 44.1 Å². The number of hydrogen-bond acceptors (Lipinski definition) is 14. The summed E-state index contributed by atoms with van der Waals surface area (Å²) in [5.74, 6) is 1.29. The Morgan fingerprint density at radius 1 is 0.727 bits per heavy atom. The number of aryl methyl sites for hydroxylation is 4. The van der Waals surface area contributed by atoms with Gasteiger partial charge in [0.05, 0.1) is 55.0 Å². The van der Waals surface area contributed by atoms with Crippen LogP contribution >= 0.6 is 0 Å². The molecule has 0 fully saturated rings. The number of benzene rings is 3. The first-order chi connectivity index (χ1) is 41.8. The van der Waals surface area contributed by atoms with E-state index in [1.54, 1.807) is 78.7 Å². The zero-order valence-electron chi connectivity index (χ0n) is 48.1. The summed E-state index contributed by atoms with van der Waals surface area (Å²) in [5, 5.41) is 13.0. The molecule has 0 radical (unpaired) electrons. The van der Waals surface area contributed by atoms with Crippen molar-refractivity contribution in [2.45, 2.75) is 44.7 Å². The number of nitrogens with two attached hydrogens (primary N) is 1. The summed E-state index contributed by atoms with van der Waals surface area (Å²) >= 11 is 0. The van der Waals surface area contributed by atoms with Gasteiger partial charge in [-0.1, -0.05) is 23.4 Å². The highest BCUT2D eigenvalue weighted by Crippen LogP contribution is 2.37. The van der Waals surface area contributed by atoms with E-state index in [1.807, 2.05) is 47.5 Å². The lowest BCUT2D eigenvalue weighted by atomic mass is 10.0. The maximum atomic E-state index is 13.2. The maximum Gasteiger partial charge on any atom is 0.416 e. The van der Waals surface area contributed by atoms with Crippen molar-refractivity contribution < 1.29 is 78.0 Å². The number of fused-ring (bicyclic) bond motifs is 3. The van der Waals surface area contributed by atoms with Crippen molar-refractivity contribution in [1.29, 1.82) is 0 Å². The number of nitrogens with one attached hydrogen (secondary N) is 2. The fourth-order valence-corrected chi connectivity index (χ4v) is 8.59. The molecule has 21 nitrogen and oxygen atoms in total. The number of carbonyl (C=O) groups is 1. The molecular weight excluding hydrogens is 1180 g/mol. The number of carboxylic acid groups (broad SMARTS) is 1. The lowest BCUT2D eigenvalue weighted by molar-refractivity contribution is -0.140. The van der Waals surface area contributed by atoms with Crippen LogP contribution in [0.5, 0.6) is 11.8 Å². The van der Waals surface area contributed by atoms with Crippen LogP contribution in [-0.4, -0.2) is 114 Å². The van der Waals surface area contributed by atoms with Crippen LogP contribution in [0, 0.1) is 13.8 Å². The number of aliphatic imine (C=N–C) groups is 1. The molecular formula is C58H58F9N13O8. The van der Waals surface area contributed by atoms with E-state index in [4.69, 9.17) is 49.2 Å². The predicted octanol–water partition coefficient (Wildman–Crippen LogP) is 11.0. The van der Waals surface area contributed by atoms with Crippen molar-refractivity contribution in [3.05, 3.63) is 180 Å². The number of nitrogens with zero attached hydrogens (tertiary/aromatic N) is 10. The van der Waals surface area contributed by atoms with Crippen molar-refractivity contribution in [2.24, 2.45) is 30.0 Å². The van der Waals surface area contributed by atoms with Crippen molar-refractivity contribution in [3.63, 3.8) is 0 Å². The molecule has 8 heterocycles. The molecule has 1 atom stereocenters. The largest absolute Gasteiger partial charge is 0.483 e. The van der Waals surface area contributed by atoms with Crippen LogP contribution < -0.4 is 20.7 Å². The Hall–Kier alpha value is -9.94. The zero-order chi connectivity index (χ0) is 64.1. The summed E-state index contributed by atoms with van der Waals surface area (Å²) in [6.45, 7) is 3.87. The van der Waals surface area contributed by atoms with Crippen molar-refractivity contribution in [3.8, 4) is 23.1 Å². The molecule has 0 amide bonds. The van der Waals surface area contributed by atoms with Gasteiger partial charge in [0.1, 0.15) is 35.4 Å². The van der Waals surface area contributed by atoms with E-state index in [0.29, 0.717) is 50.9 Å². The molecule has 10 aromatic rings. The van der Waals surface area contributed by atoms with Crippen LogP contribution in [0.3, 0.4) is 0 Å². The zero-order valence-corrected chi connectivity index (χ0v) is 48.1. The normalized spacial score (nSPS) is 13.5. The minimum absolute atomic E-state index is 0.108. The van der Waals surface area contributed by atoms with Gasteiger partial charge in [0.2, 0.25) is 11.8 Å². The van der Waals surface area contributed by atoms with Gasteiger partial charge in [-0.15, -0.1) is 0 Å². The molecule has 30 heteroatoms. The number of aromatic nitrogens is 9. The highest BCUT2D eigenvalue weighted by atomic mass is 19.4. The third-order valence-corrected chi connectivity index (χ3v) is 13.0. The number of halogens is 9. The number of hydrogen-bond donors (Lipinski definition) is 4. The SMILES string of the molecule is COc1nc(/C(N)=N/OCC(OC)OC)ccc1-n1cnc(C)c1.COc1nc(C2=NC(c3cn(C)c4cc(C(F)(F)F)ccc34)CON2)ccc1-n1cnc(C)c1.Cn1ccc2ccc(C(F)(F)F)cc21.FC(F)(F)c1ccc2cc[nH]c2c1.O=CO. The van der Waals surface area contributed by atoms with Crippen molar-refractivity contribution in [1.82, 2.24) is 48.7 Å². The summed E-state index contributed by atoms with van der Waals surface area (Å²) in [4.78, 5) is 43.8. The van der Waals surface area contributed by atoms with E-state index in [9.17, 15) is 39.5 Å². The smallest absolute Gasteiger partial charge is 0.416 e. The average Bonchev–Trinajstić information content (AvgIpc) is 2.40. The fraction of sp³-hybridized carbons (Fsp3) is 0.259. The van der Waals surface area contributed by atoms with Crippen LogP contribution in [0.2, 0.25) is 0 Å². The van der Waals surface area contributed by atoms with Gasteiger partial charge in [0.15, 0.2) is 24.6 Å². The van der Waals surface area contributed by atoms with Crippen LogP contribution in [0.15, 0.2) is 145 Å². The predicted molar refractivity (Wildman–Crippen MR) is 306 cm³/mol. The highest BCUT2D eigenvalue weighted by molar-refractivity contribution is 5.98. The van der Waals surface area contributed by atoms with Gasteiger partial charge in [0.25, 0.3) is 6.47 Å². The quantitative estimate of drug-likeness (QED) is 0.0222. The number of rotatable bonds is 12. The lowest BCUT2D eigenvalue weighted by Gasteiger charge is -2.22. The first-order valence-electron chi connectivity index (χ1n) is 25.9. The Morgan fingerprint density at radius 3 is 1.85 bits per heavy atom. The molecule has 1 aliphatic heterocycles. The van der Waals surface area contributed by atoms with E-state index >= 15 is 0 Å². The number of alkyl halides is 9. The van der Waals surface area contributed by atoms with Gasteiger partial charge in [-0.25, -0.2) is 25.4 Å². The number of oxime groups is 1. The monoisotopic (exact) mass is 1240 g/mol.